The van der Waals surface area contributed by atoms with E-state index < -0.39 is 30.3 Å². The summed E-state index contributed by atoms with van der Waals surface area (Å²) in [6.07, 6.45) is -0.333. The van der Waals surface area contributed by atoms with Crippen molar-refractivity contribution in [3.8, 4) is 0 Å². The minimum atomic E-state index is -0.774. The Kier molecular flexibility index (Phi) is 7.11. The standard InChI is InChI=1S/C20H14Cl4N2O5/c1-9-3-2-4-10(7-9)25-11(27)8-31-12(28)5-6-26-19(29)13-14(20(26)30)16(22)18(24)17(23)15(13)21/h2-4,7H,5-6,8H2,1H3,(H,25,27). The number of benzene rings is 2. The number of rotatable bonds is 6. The molecule has 0 saturated heterocycles. The van der Waals surface area contributed by atoms with Crippen LogP contribution < -0.4 is 5.32 Å². The number of esters is 1. The predicted octanol–water partition coefficient (Wildman–Crippen LogP) is 4.78. The molecule has 0 unspecified atom stereocenters. The molecule has 0 saturated carbocycles. The molecule has 11 heteroatoms. The molecule has 1 aliphatic rings. The SMILES string of the molecule is Cc1cccc(NC(=O)COC(=O)CCN2C(=O)c3c(Cl)c(Cl)c(Cl)c(Cl)c3C2=O)c1. The zero-order valence-corrected chi connectivity index (χ0v) is 19.0. The maximum absolute atomic E-state index is 12.6. The van der Waals surface area contributed by atoms with Gasteiger partial charge in [-0.15, -0.1) is 0 Å². The zero-order valence-electron chi connectivity index (χ0n) is 15.9. The van der Waals surface area contributed by atoms with Crippen LogP contribution in [-0.2, 0) is 14.3 Å². The lowest BCUT2D eigenvalue weighted by Gasteiger charge is -2.13. The highest BCUT2D eigenvalue weighted by atomic mass is 35.5. The Morgan fingerprint density at radius 3 is 2.10 bits per heavy atom. The van der Waals surface area contributed by atoms with Gasteiger partial charge in [-0.2, -0.15) is 0 Å². The van der Waals surface area contributed by atoms with E-state index in [1.165, 1.54) is 0 Å². The normalized spacial score (nSPS) is 12.7. The fraction of sp³-hybridized carbons (Fsp3) is 0.200. The minimum absolute atomic E-state index is 0.144. The maximum atomic E-state index is 12.6. The van der Waals surface area contributed by atoms with E-state index in [0.29, 0.717) is 5.69 Å². The highest BCUT2D eigenvalue weighted by Gasteiger charge is 2.41. The Hall–Kier alpha value is -2.32. The number of amides is 3. The van der Waals surface area contributed by atoms with Crippen LogP contribution in [0, 0.1) is 6.92 Å². The van der Waals surface area contributed by atoms with Crippen molar-refractivity contribution in [2.45, 2.75) is 13.3 Å². The van der Waals surface area contributed by atoms with Gasteiger partial charge in [0.1, 0.15) is 0 Å². The number of aryl methyl sites for hydroxylation is 1. The van der Waals surface area contributed by atoms with E-state index in [1.807, 2.05) is 13.0 Å². The number of nitrogens with zero attached hydrogens (tertiary/aromatic N) is 1. The van der Waals surface area contributed by atoms with Crippen LogP contribution in [0.2, 0.25) is 20.1 Å². The van der Waals surface area contributed by atoms with Gasteiger partial charge in [0.05, 0.1) is 37.6 Å². The second-order valence-corrected chi connectivity index (χ2v) is 8.11. The van der Waals surface area contributed by atoms with Crippen LogP contribution in [0.1, 0.15) is 32.7 Å². The second kappa shape index (κ2) is 9.44. The highest BCUT2D eigenvalue weighted by Crippen LogP contribution is 2.44. The summed E-state index contributed by atoms with van der Waals surface area (Å²) < 4.78 is 4.90. The average Bonchev–Trinajstić information content (AvgIpc) is 2.97. The topological polar surface area (TPSA) is 92.8 Å². The summed E-state index contributed by atoms with van der Waals surface area (Å²) in [5.41, 5.74) is 1.19. The number of carbonyl (C=O) groups is 4. The first-order valence-corrected chi connectivity index (χ1v) is 10.4. The van der Waals surface area contributed by atoms with E-state index >= 15 is 0 Å². The number of imide groups is 1. The van der Waals surface area contributed by atoms with E-state index in [1.54, 1.807) is 18.2 Å². The molecular formula is C20H14Cl4N2O5. The number of halogens is 4. The van der Waals surface area contributed by atoms with Crippen molar-refractivity contribution in [2.24, 2.45) is 0 Å². The summed E-state index contributed by atoms with van der Waals surface area (Å²) in [6, 6.07) is 7.11. The van der Waals surface area contributed by atoms with Gasteiger partial charge in [0, 0.05) is 12.2 Å². The van der Waals surface area contributed by atoms with Gasteiger partial charge in [-0.1, -0.05) is 58.5 Å². The van der Waals surface area contributed by atoms with Gasteiger partial charge < -0.3 is 10.1 Å². The summed E-state index contributed by atoms with van der Waals surface area (Å²) in [6.45, 7) is 1.06. The molecule has 31 heavy (non-hydrogen) atoms. The second-order valence-electron chi connectivity index (χ2n) is 6.60. The van der Waals surface area contributed by atoms with E-state index in [0.717, 1.165) is 10.5 Å². The van der Waals surface area contributed by atoms with Gasteiger partial charge in [-0.05, 0) is 24.6 Å². The number of fused-ring (bicyclic) bond motifs is 1. The Morgan fingerprint density at radius 1 is 0.968 bits per heavy atom. The largest absolute Gasteiger partial charge is 0.456 e. The molecule has 1 N–H and O–H groups in total. The van der Waals surface area contributed by atoms with Gasteiger partial charge >= 0.3 is 5.97 Å². The van der Waals surface area contributed by atoms with Gasteiger partial charge in [0.2, 0.25) is 0 Å². The van der Waals surface area contributed by atoms with Crippen LogP contribution in [0.3, 0.4) is 0 Å². The third kappa shape index (κ3) is 4.80. The van der Waals surface area contributed by atoms with Crippen LogP contribution in [-0.4, -0.2) is 41.7 Å². The summed E-state index contributed by atoms with van der Waals surface area (Å²) in [7, 11) is 0. The average molecular weight is 504 g/mol. The van der Waals surface area contributed by atoms with Gasteiger partial charge in [-0.3, -0.25) is 24.1 Å². The smallest absolute Gasteiger partial charge is 0.308 e. The van der Waals surface area contributed by atoms with E-state index in [-0.39, 0.29) is 44.2 Å². The van der Waals surface area contributed by atoms with Crippen molar-refractivity contribution >= 4 is 75.8 Å². The maximum Gasteiger partial charge on any atom is 0.308 e. The molecule has 0 spiro atoms. The van der Waals surface area contributed by atoms with Crippen molar-refractivity contribution in [3.63, 3.8) is 0 Å². The number of hydrogen-bond donors (Lipinski definition) is 1. The summed E-state index contributed by atoms with van der Waals surface area (Å²) in [4.78, 5) is 49.9. The van der Waals surface area contributed by atoms with Crippen molar-refractivity contribution in [2.75, 3.05) is 18.5 Å². The van der Waals surface area contributed by atoms with E-state index in [2.05, 4.69) is 5.32 Å². The molecule has 1 aliphatic heterocycles. The molecule has 0 radical (unpaired) electrons. The lowest BCUT2D eigenvalue weighted by molar-refractivity contribution is -0.147. The summed E-state index contributed by atoms with van der Waals surface area (Å²) >= 11 is 24.0. The van der Waals surface area contributed by atoms with Crippen LogP contribution >= 0.6 is 46.4 Å². The minimum Gasteiger partial charge on any atom is -0.456 e. The van der Waals surface area contributed by atoms with Gasteiger partial charge in [0.25, 0.3) is 17.7 Å². The van der Waals surface area contributed by atoms with Crippen molar-refractivity contribution in [1.82, 2.24) is 4.90 Å². The zero-order chi connectivity index (χ0) is 22.9. The molecular weight excluding hydrogens is 490 g/mol. The van der Waals surface area contributed by atoms with Gasteiger partial charge in [0.15, 0.2) is 6.61 Å². The monoisotopic (exact) mass is 502 g/mol. The Labute approximate surface area is 197 Å². The Morgan fingerprint density at radius 2 is 1.55 bits per heavy atom. The number of anilines is 1. The number of carbonyl (C=O) groups excluding carboxylic acids is 4. The first kappa shape index (κ1) is 23.3. The molecule has 0 aromatic heterocycles. The fourth-order valence-electron chi connectivity index (χ4n) is 2.94. The van der Waals surface area contributed by atoms with E-state index in [9.17, 15) is 19.2 Å². The number of hydrogen-bond acceptors (Lipinski definition) is 5. The van der Waals surface area contributed by atoms with Crippen LogP contribution in [0.25, 0.3) is 0 Å². The van der Waals surface area contributed by atoms with Crippen molar-refractivity contribution in [1.29, 1.82) is 0 Å². The molecule has 0 atom stereocenters. The molecule has 1 heterocycles. The molecule has 2 aromatic rings. The van der Waals surface area contributed by atoms with Crippen molar-refractivity contribution in [3.05, 3.63) is 61.0 Å². The van der Waals surface area contributed by atoms with Gasteiger partial charge in [-0.25, -0.2) is 0 Å². The van der Waals surface area contributed by atoms with Crippen LogP contribution in [0.4, 0.5) is 5.69 Å². The molecule has 3 amide bonds. The van der Waals surface area contributed by atoms with Crippen LogP contribution in [0.5, 0.6) is 0 Å². The lowest BCUT2D eigenvalue weighted by Crippen LogP contribution is -2.32. The summed E-state index contributed by atoms with van der Waals surface area (Å²) in [5.74, 6) is -2.81. The van der Waals surface area contributed by atoms with E-state index in [4.69, 9.17) is 51.1 Å². The van der Waals surface area contributed by atoms with Crippen LogP contribution in [0.15, 0.2) is 24.3 Å². The molecule has 0 fully saturated rings. The molecule has 2 aromatic carbocycles. The molecule has 7 nitrogen and oxygen atoms in total. The quantitative estimate of drug-likeness (QED) is 0.265. The third-order valence-electron chi connectivity index (χ3n) is 4.39. The third-order valence-corrected chi connectivity index (χ3v) is 6.19. The Bertz CT molecular complexity index is 1070. The first-order valence-electron chi connectivity index (χ1n) is 8.86. The Balaban J connectivity index is 1.57. The predicted molar refractivity (Wildman–Crippen MR) is 117 cm³/mol. The molecule has 0 aliphatic carbocycles. The highest BCUT2D eigenvalue weighted by molar-refractivity contribution is 6.55. The molecule has 0 bridgehead atoms. The number of ether oxygens (including phenoxy) is 1. The van der Waals surface area contributed by atoms with Crippen molar-refractivity contribution < 1.29 is 23.9 Å². The molecule has 3 rings (SSSR count). The summed E-state index contributed by atoms with van der Waals surface area (Å²) in [5, 5.41) is 1.92. The first-order chi connectivity index (χ1) is 14.6. The molecule has 162 valence electrons. The number of nitrogens with one attached hydrogen (secondary N) is 1. The fourth-order valence-corrected chi connectivity index (χ4v) is 3.95. The lowest BCUT2D eigenvalue weighted by atomic mass is 10.1.